The molecule has 116 valence electrons. The van der Waals surface area contributed by atoms with Crippen LogP contribution in [0.5, 0.6) is 0 Å². The summed E-state index contributed by atoms with van der Waals surface area (Å²) in [6, 6.07) is 13.4. The minimum absolute atomic E-state index is 0.263. The van der Waals surface area contributed by atoms with Gasteiger partial charge in [0.1, 0.15) is 5.54 Å². The van der Waals surface area contributed by atoms with Crippen LogP contribution in [0.3, 0.4) is 0 Å². The Hall–Kier alpha value is -1.37. The standard InChI is InChI=1S/C18H29N3/c1-6-16(4)21(5)13-12-18(14-19,20-15(2)3)17-10-8-7-9-11-17/h7-11,15-16,20H,6,12-13H2,1-5H3. The van der Waals surface area contributed by atoms with Crippen LogP contribution in [-0.2, 0) is 5.54 Å². The molecule has 1 aromatic rings. The van der Waals surface area contributed by atoms with E-state index in [0.717, 1.165) is 24.9 Å². The molecule has 0 aromatic heterocycles. The summed E-state index contributed by atoms with van der Waals surface area (Å²) in [6.45, 7) is 9.51. The zero-order valence-electron chi connectivity index (χ0n) is 14.1. The summed E-state index contributed by atoms with van der Waals surface area (Å²) in [6.07, 6.45) is 1.91. The molecular formula is C18H29N3. The Balaban J connectivity index is 2.95. The molecule has 0 aliphatic rings. The second-order valence-electron chi connectivity index (χ2n) is 6.17. The molecule has 0 heterocycles. The fraction of sp³-hybridized carbons (Fsp3) is 0.611. The fourth-order valence-electron chi connectivity index (χ4n) is 2.54. The van der Waals surface area contributed by atoms with Gasteiger partial charge in [-0.05, 0) is 46.2 Å². The molecule has 0 bridgehead atoms. The third-order valence-electron chi connectivity index (χ3n) is 4.18. The lowest BCUT2D eigenvalue weighted by Crippen LogP contribution is -2.47. The van der Waals surface area contributed by atoms with Crippen LogP contribution in [0.15, 0.2) is 30.3 Å². The highest BCUT2D eigenvalue weighted by molar-refractivity contribution is 5.31. The third kappa shape index (κ3) is 4.84. The number of nitrogens with zero attached hydrogens (tertiary/aromatic N) is 2. The largest absolute Gasteiger partial charge is 0.304 e. The highest BCUT2D eigenvalue weighted by Crippen LogP contribution is 2.26. The SMILES string of the molecule is CCC(C)N(C)CCC(C#N)(NC(C)C)c1ccccc1. The molecule has 3 nitrogen and oxygen atoms in total. The topological polar surface area (TPSA) is 39.1 Å². The zero-order valence-corrected chi connectivity index (χ0v) is 14.1. The number of nitriles is 1. The van der Waals surface area contributed by atoms with E-state index in [1.54, 1.807) is 0 Å². The highest BCUT2D eigenvalue weighted by atomic mass is 15.1. The van der Waals surface area contributed by atoms with Crippen molar-refractivity contribution in [2.45, 2.75) is 58.2 Å². The van der Waals surface area contributed by atoms with Crippen molar-refractivity contribution in [3.63, 3.8) is 0 Å². The van der Waals surface area contributed by atoms with Gasteiger partial charge in [0.15, 0.2) is 0 Å². The van der Waals surface area contributed by atoms with Gasteiger partial charge in [-0.1, -0.05) is 37.3 Å². The summed E-state index contributed by atoms with van der Waals surface area (Å²) >= 11 is 0. The molecule has 2 unspecified atom stereocenters. The van der Waals surface area contributed by atoms with Crippen molar-refractivity contribution in [3.05, 3.63) is 35.9 Å². The van der Waals surface area contributed by atoms with E-state index in [1.807, 2.05) is 30.3 Å². The summed E-state index contributed by atoms with van der Waals surface area (Å²) in [5, 5.41) is 13.3. The van der Waals surface area contributed by atoms with Gasteiger partial charge in [-0.25, -0.2) is 0 Å². The van der Waals surface area contributed by atoms with Gasteiger partial charge in [0.05, 0.1) is 6.07 Å². The predicted octanol–water partition coefficient (Wildman–Crippen LogP) is 3.52. The first-order valence-corrected chi connectivity index (χ1v) is 7.90. The Morgan fingerprint density at radius 3 is 2.33 bits per heavy atom. The summed E-state index contributed by atoms with van der Waals surface area (Å²) in [7, 11) is 2.14. The van der Waals surface area contributed by atoms with Crippen LogP contribution in [0.25, 0.3) is 0 Å². The van der Waals surface area contributed by atoms with E-state index >= 15 is 0 Å². The highest BCUT2D eigenvalue weighted by Gasteiger charge is 2.33. The average Bonchev–Trinajstić information content (AvgIpc) is 2.50. The lowest BCUT2D eigenvalue weighted by molar-refractivity contribution is 0.219. The van der Waals surface area contributed by atoms with E-state index in [1.165, 1.54) is 0 Å². The van der Waals surface area contributed by atoms with Gasteiger partial charge in [-0.15, -0.1) is 0 Å². The molecule has 1 N–H and O–H groups in total. The zero-order chi connectivity index (χ0) is 15.9. The Morgan fingerprint density at radius 1 is 1.24 bits per heavy atom. The molecule has 0 fully saturated rings. The molecule has 1 rings (SSSR count). The minimum Gasteiger partial charge on any atom is -0.304 e. The molecule has 0 radical (unpaired) electrons. The third-order valence-corrected chi connectivity index (χ3v) is 4.18. The van der Waals surface area contributed by atoms with Crippen LogP contribution >= 0.6 is 0 Å². The Bertz CT molecular complexity index is 449. The minimum atomic E-state index is -0.614. The molecule has 0 amide bonds. The Kier molecular flexibility index (Phi) is 6.87. The smallest absolute Gasteiger partial charge is 0.133 e. The van der Waals surface area contributed by atoms with Crippen molar-refractivity contribution in [2.75, 3.05) is 13.6 Å². The van der Waals surface area contributed by atoms with Crippen LogP contribution in [-0.4, -0.2) is 30.6 Å². The van der Waals surface area contributed by atoms with E-state index < -0.39 is 5.54 Å². The van der Waals surface area contributed by atoms with Crippen molar-refractivity contribution < 1.29 is 0 Å². The van der Waals surface area contributed by atoms with Gasteiger partial charge < -0.3 is 4.90 Å². The molecule has 1 aromatic carbocycles. The van der Waals surface area contributed by atoms with Crippen molar-refractivity contribution in [2.24, 2.45) is 0 Å². The van der Waals surface area contributed by atoms with Crippen molar-refractivity contribution >= 4 is 0 Å². The van der Waals surface area contributed by atoms with Crippen molar-refractivity contribution in [3.8, 4) is 6.07 Å². The number of hydrogen-bond acceptors (Lipinski definition) is 3. The second-order valence-corrected chi connectivity index (χ2v) is 6.17. The van der Waals surface area contributed by atoms with E-state index in [0.29, 0.717) is 6.04 Å². The first-order chi connectivity index (χ1) is 9.95. The van der Waals surface area contributed by atoms with Gasteiger partial charge in [0, 0.05) is 18.6 Å². The van der Waals surface area contributed by atoms with Crippen LogP contribution in [0.4, 0.5) is 0 Å². The maximum absolute atomic E-state index is 9.86. The molecule has 0 saturated carbocycles. The maximum Gasteiger partial charge on any atom is 0.133 e. The molecule has 2 atom stereocenters. The molecule has 0 saturated heterocycles. The molecule has 0 aliphatic carbocycles. The molecule has 0 spiro atoms. The second kappa shape index (κ2) is 8.17. The monoisotopic (exact) mass is 287 g/mol. The van der Waals surface area contributed by atoms with Gasteiger partial charge >= 0.3 is 0 Å². The first kappa shape index (κ1) is 17.7. The number of rotatable bonds is 8. The summed E-state index contributed by atoms with van der Waals surface area (Å²) in [4.78, 5) is 2.33. The molecule has 21 heavy (non-hydrogen) atoms. The maximum atomic E-state index is 9.86. The fourth-order valence-corrected chi connectivity index (χ4v) is 2.54. The summed E-state index contributed by atoms with van der Waals surface area (Å²) in [5.41, 5.74) is 0.440. The molecular weight excluding hydrogens is 258 g/mol. The van der Waals surface area contributed by atoms with E-state index in [4.69, 9.17) is 0 Å². The van der Waals surface area contributed by atoms with E-state index in [9.17, 15) is 5.26 Å². The normalized spacial score (nSPS) is 15.7. The predicted molar refractivity (Wildman–Crippen MR) is 89.0 cm³/mol. The van der Waals surface area contributed by atoms with Crippen molar-refractivity contribution in [1.82, 2.24) is 10.2 Å². The summed E-state index contributed by atoms with van der Waals surface area (Å²) in [5.74, 6) is 0. The van der Waals surface area contributed by atoms with E-state index in [-0.39, 0.29) is 6.04 Å². The van der Waals surface area contributed by atoms with Crippen molar-refractivity contribution in [1.29, 1.82) is 5.26 Å². The van der Waals surface area contributed by atoms with Gasteiger partial charge in [-0.3, -0.25) is 5.32 Å². The Labute approximate surface area is 130 Å². The Morgan fingerprint density at radius 2 is 1.86 bits per heavy atom. The quantitative estimate of drug-likeness (QED) is 0.795. The lowest BCUT2D eigenvalue weighted by atomic mass is 9.87. The van der Waals surface area contributed by atoms with Crippen LogP contribution in [0.2, 0.25) is 0 Å². The number of hydrogen-bond donors (Lipinski definition) is 1. The van der Waals surface area contributed by atoms with Crippen LogP contribution < -0.4 is 5.32 Å². The van der Waals surface area contributed by atoms with Gasteiger partial charge in [-0.2, -0.15) is 5.26 Å². The van der Waals surface area contributed by atoms with Crippen LogP contribution in [0.1, 0.15) is 46.1 Å². The average molecular weight is 287 g/mol. The lowest BCUT2D eigenvalue weighted by Gasteiger charge is -2.33. The molecule has 3 heteroatoms. The van der Waals surface area contributed by atoms with Gasteiger partial charge in [0.25, 0.3) is 0 Å². The molecule has 0 aliphatic heterocycles. The number of benzene rings is 1. The first-order valence-electron chi connectivity index (χ1n) is 7.90. The van der Waals surface area contributed by atoms with Crippen LogP contribution in [0, 0.1) is 11.3 Å². The van der Waals surface area contributed by atoms with E-state index in [2.05, 4.69) is 51.0 Å². The summed E-state index contributed by atoms with van der Waals surface area (Å²) < 4.78 is 0. The number of nitrogens with one attached hydrogen (secondary N) is 1. The van der Waals surface area contributed by atoms with Gasteiger partial charge in [0.2, 0.25) is 0 Å².